The maximum Gasteiger partial charge on any atom is 0.245 e. The zero-order valence-electron chi connectivity index (χ0n) is 32.2. The molecule has 10 heteroatoms. The van der Waals surface area contributed by atoms with Crippen LogP contribution in [0.2, 0.25) is 0 Å². The highest BCUT2D eigenvalue weighted by atomic mass is 16.5. The highest BCUT2D eigenvalue weighted by molar-refractivity contribution is 5.92. The highest BCUT2D eigenvalue weighted by Crippen LogP contribution is 2.41. The number of ether oxygens (including phenoxy) is 2. The van der Waals surface area contributed by atoms with Gasteiger partial charge in [-0.15, -0.1) is 0 Å². The lowest BCUT2D eigenvalue weighted by Crippen LogP contribution is -2.58. The van der Waals surface area contributed by atoms with Gasteiger partial charge in [0.05, 0.1) is 25.9 Å². The fourth-order valence-corrected chi connectivity index (χ4v) is 6.46. The number of hydrogen-bond acceptors (Lipinski definition) is 8. The zero-order chi connectivity index (χ0) is 37.6. The Morgan fingerprint density at radius 2 is 1.74 bits per heavy atom. The van der Waals surface area contributed by atoms with Gasteiger partial charge in [-0.1, -0.05) is 52.8 Å². The van der Waals surface area contributed by atoms with E-state index in [-0.39, 0.29) is 36.7 Å². The number of rotatable bonds is 16. The van der Waals surface area contributed by atoms with Gasteiger partial charge in [0.1, 0.15) is 23.5 Å². The van der Waals surface area contributed by atoms with Crippen LogP contribution in [0.5, 0.6) is 5.75 Å². The number of carbonyl (C=O) groups is 2. The van der Waals surface area contributed by atoms with Crippen molar-refractivity contribution in [3.63, 3.8) is 0 Å². The van der Waals surface area contributed by atoms with E-state index < -0.39 is 35.4 Å². The molecule has 2 aromatic carbocycles. The van der Waals surface area contributed by atoms with Crippen molar-refractivity contribution in [1.29, 1.82) is 0 Å². The second-order valence-electron chi connectivity index (χ2n) is 15.7. The lowest BCUT2D eigenvalue weighted by Gasteiger charge is -2.37. The molecule has 1 aliphatic rings. The number of aliphatic hydroxyl groups excluding tert-OH is 3. The van der Waals surface area contributed by atoms with Gasteiger partial charge < -0.3 is 40.3 Å². The first-order valence-electron chi connectivity index (χ1n) is 18.0. The fraction of sp³-hybridized carbons (Fsp3) is 0.650. The average Bonchev–Trinajstić information content (AvgIpc) is 3.05. The number of nitrogens with one attached hydrogen (secondary N) is 2. The van der Waals surface area contributed by atoms with Crippen molar-refractivity contribution in [2.45, 2.75) is 117 Å². The van der Waals surface area contributed by atoms with Crippen LogP contribution in [0.25, 0.3) is 0 Å². The van der Waals surface area contributed by atoms with E-state index in [4.69, 9.17) is 9.47 Å². The van der Waals surface area contributed by atoms with Gasteiger partial charge in [-0.3, -0.25) is 9.59 Å². The van der Waals surface area contributed by atoms with Crippen LogP contribution < -0.4 is 15.4 Å². The van der Waals surface area contributed by atoms with Crippen LogP contribution in [0.4, 0.5) is 0 Å². The van der Waals surface area contributed by atoms with Gasteiger partial charge in [0, 0.05) is 30.5 Å². The standard InChI is InChI=1S/C40H63N3O7/c1-12-24(2)31-22-34(49-11)32(36-35(46)33(45)21-30(23-44)50-36)20-29(31)19-28-14-13-27(17-25(28)3)18-26(4)39(5,6)37(47)42-40(7,8)38(48)41-15-16-43(9)10/h13-14,17,20,22,24,26,30,33,35-36,44-46H,12,15-16,18-19,21,23H2,1-11H3,(H,41,48)(H,42,47)/t24?,26?,30-,33-,35+,36-/m0/s1. The first-order chi connectivity index (χ1) is 23.4. The minimum absolute atomic E-state index is 0.0125. The molecule has 0 saturated carbocycles. The smallest absolute Gasteiger partial charge is 0.245 e. The first kappa shape index (κ1) is 41.4. The molecule has 0 aliphatic carbocycles. The van der Waals surface area contributed by atoms with Crippen molar-refractivity contribution in [2.75, 3.05) is 40.9 Å². The monoisotopic (exact) mass is 697 g/mol. The molecule has 2 amide bonds. The van der Waals surface area contributed by atoms with Crippen LogP contribution in [0.15, 0.2) is 30.3 Å². The molecule has 1 heterocycles. The van der Waals surface area contributed by atoms with Gasteiger partial charge in [-0.05, 0) is 106 Å². The number of methoxy groups -OCH3 is 1. The van der Waals surface area contributed by atoms with E-state index in [1.54, 1.807) is 21.0 Å². The molecule has 0 bridgehead atoms. The van der Waals surface area contributed by atoms with Crippen LogP contribution in [0, 0.1) is 18.3 Å². The highest BCUT2D eigenvalue weighted by Gasteiger charge is 2.40. The minimum atomic E-state index is -1.15. The van der Waals surface area contributed by atoms with Crippen molar-refractivity contribution >= 4 is 11.8 Å². The van der Waals surface area contributed by atoms with Crippen LogP contribution in [-0.4, -0.2) is 96.8 Å². The molecule has 3 rings (SSSR count). The number of aliphatic hydroxyl groups is 3. The third kappa shape index (κ3) is 10.1. The number of benzene rings is 2. The minimum Gasteiger partial charge on any atom is -0.496 e. The maximum absolute atomic E-state index is 13.5. The number of amides is 2. The Labute approximate surface area is 299 Å². The second kappa shape index (κ2) is 17.5. The van der Waals surface area contributed by atoms with Gasteiger partial charge in [0.25, 0.3) is 0 Å². The normalized spacial score (nSPS) is 21.1. The summed E-state index contributed by atoms with van der Waals surface area (Å²) < 4.78 is 11.9. The van der Waals surface area contributed by atoms with Crippen molar-refractivity contribution in [3.05, 3.63) is 63.7 Å². The largest absolute Gasteiger partial charge is 0.496 e. The van der Waals surface area contributed by atoms with Crippen molar-refractivity contribution in [2.24, 2.45) is 11.3 Å². The zero-order valence-corrected chi connectivity index (χ0v) is 32.2. The topological polar surface area (TPSA) is 141 Å². The molecule has 1 aliphatic heterocycles. The van der Waals surface area contributed by atoms with E-state index in [9.17, 15) is 24.9 Å². The van der Waals surface area contributed by atoms with Crippen molar-refractivity contribution < 1.29 is 34.4 Å². The van der Waals surface area contributed by atoms with Crippen molar-refractivity contribution in [1.82, 2.24) is 15.5 Å². The molecule has 280 valence electrons. The summed E-state index contributed by atoms with van der Waals surface area (Å²) in [6.45, 7) is 16.8. The molecule has 1 fully saturated rings. The summed E-state index contributed by atoms with van der Waals surface area (Å²) in [5.41, 5.74) is 4.52. The van der Waals surface area contributed by atoms with Gasteiger partial charge in [-0.2, -0.15) is 0 Å². The summed E-state index contributed by atoms with van der Waals surface area (Å²) in [6, 6.07) is 10.5. The predicted molar refractivity (Wildman–Crippen MR) is 197 cm³/mol. The molecule has 0 radical (unpaired) electrons. The summed E-state index contributed by atoms with van der Waals surface area (Å²) in [5, 5.41) is 37.2. The molecule has 5 N–H and O–H groups in total. The van der Waals surface area contributed by atoms with E-state index in [2.05, 4.69) is 56.5 Å². The van der Waals surface area contributed by atoms with Gasteiger partial charge in [0.15, 0.2) is 0 Å². The Bertz CT molecular complexity index is 1460. The molecule has 1 saturated heterocycles. The van der Waals surface area contributed by atoms with E-state index in [0.29, 0.717) is 37.2 Å². The molecule has 0 aromatic heterocycles. The summed E-state index contributed by atoms with van der Waals surface area (Å²) >= 11 is 0. The summed E-state index contributed by atoms with van der Waals surface area (Å²) in [6.07, 6.45) is -1.18. The Balaban J connectivity index is 1.83. The third-order valence-electron chi connectivity index (χ3n) is 10.7. The molecular formula is C40H63N3O7. The Hall–Kier alpha value is -3.02. The quantitative estimate of drug-likeness (QED) is 0.174. The predicted octanol–water partition coefficient (Wildman–Crippen LogP) is 4.43. The van der Waals surface area contributed by atoms with Crippen molar-refractivity contribution in [3.8, 4) is 5.75 Å². The van der Waals surface area contributed by atoms with Crippen LogP contribution >= 0.6 is 0 Å². The molecule has 0 spiro atoms. The number of carbonyl (C=O) groups excluding carboxylic acids is 2. The number of likely N-dealkylation sites (N-methyl/N-ethyl adjacent to an activating group) is 1. The number of nitrogens with zero attached hydrogens (tertiary/aromatic N) is 1. The maximum atomic E-state index is 13.5. The van der Waals surface area contributed by atoms with Crippen LogP contribution in [0.3, 0.4) is 0 Å². The summed E-state index contributed by atoms with van der Waals surface area (Å²) in [4.78, 5) is 28.4. The molecule has 6 atom stereocenters. The number of hydrogen-bond donors (Lipinski definition) is 5. The van der Waals surface area contributed by atoms with Gasteiger partial charge >= 0.3 is 0 Å². The lowest BCUT2D eigenvalue weighted by molar-refractivity contribution is -0.180. The number of aryl methyl sites for hydroxylation is 1. The molecule has 2 unspecified atom stereocenters. The molecule has 50 heavy (non-hydrogen) atoms. The Morgan fingerprint density at radius 1 is 1.06 bits per heavy atom. The molecular weight excluding hydrogens is 634 g/mol. The van der Waals surface area contributed by atoms with E-state index in [1.807, 2.05) is 45.0 Å². The van der Waals surface area contributed by atoms with E-state index >= 15 is 0 Å². The fourth-order valence-electron chi connectivity index (χ4n) is 6.46. The van der Waals surface area contributed by atoms with Gasteiger partial charge in [0.2, 0.25) is 11.8 Å². The Morgan fingerprint density at radius 3 is 2.32 bits per heavy atom. The summed E-state index contributed by atoms with van der Waals surface area (Å²) in [7, 11) is 5.48. The third-order valence-corrected chi connectivity index (χ3v) is 10.7. The second-order valence-corrected chi connectivity index (χ2v) is 15.7. The molecule has 2 aromatic rings. The first-order valence-corrected chi connectivity index (χ1v) is 18.0. The SMILES string of the molecule is CCC(C)c1cc(OC)c([C@@H]2O[C@H](CO)C[C@H](O)[C@H]2O)cc1Cc1ccc(CC(C)C(C)(C)C(=O)NC(C)(C)C(=O)NCCN(C)C)cc1C. The summed E-state index contributed by atoms with van der Waals surface area (Å²) in [5.74, 6) is 0.450. The van der Waals surface area contributed by atoms with E-state index in [0.717, 1.165) is 34.2 Å². The molecule has 10 nitrogen and oxygen atoms in total. The average molecular weight is 698 g/mol. The van der Waals surface area contributed by atoms with Crippen LogP contribution in [0.1, 0.15) is 107 Å². The van der Waals surface area contributed by atoms with E-state index in [1.165, 1.54) is 0 Å². The van der Waals surface area contributed by atoms with Crippen LogP contribution in [-0.2, 0) is 27.2 Å². The lowest BCUT2D eigenvalue weighted by atomic mass is 9.75. The van der Waals surface area contributed by atoms with Gasteiger partial charge in [-0.25, -0.2) is 0 Å². The Kier molecular flexibility index (Phi) is 14.5.